The zero-order valence-electron chi connectivity index (χ0n) is 8.08. The van der Waals surface area contributed by atoms with Crippen molar-refractivity contribution in [1.29, 1.82) is 0 Å². The van der Waals surface area contributed by atoms with E-state index >= 15 is 0 Å². The van der Waals surface area contributed by atoms with Crippen LogP contribution >= 0.6 is 0 Å². The molecular weight excluding hydrogens is 183 g/mol. The van der Waals surface area contributed by atoms with Crippen LogP contribution in [0, 0.1) is 0 Å². The van der Waals surface area contributed by atoms with Crippen molar-refractivity contribution in [1.82, 2.24) is 0 Å². The van der Waals surface area contributed by atoms with Gasteiger partial charge in [-0.2, -0.15) is 0 Å². The van der Waals surface area contributed by atoms with E-state index in [2.05, 4.69) is 4.74 Å². The van der Waals surface area contributed by atoms with Gasteiger partial charge in [0.15, 0.2) is 0 Å². The van der Waals surface area contributed by atoms with Crippen molar-refractivity contribution in [2.24, 2.45) is 0 Å². The number of allylic oxidation sites excluding steroid dienone is 1. The van der Waals surface area contributed by atoms with Gasteiger partial charge in [0.2, 0.25) is 0 Å². The lowest BCUT2D eigenvalue weighted by Crippen LogP contribution is -2.00. The van der Waals surface area contributed by atoms with E-state index in [1.807, 2.05) is 0 Å². The summed E-state index contributed by atoms with van der Waals surface area (Å²) in [5.41, 5.74) is 1.07. The number of halogens is 1. The molecule has 1 rings (SSSR count). The summed E-state index contributed by atoms with van der Waals surface area (Å²) in [5, 5.41) is 0. The summed E-state index contributed by atoms with van der Waals surface area (Å²) < 4.78 is 17.1. The van der Waals surface area contributed by atoms with Crippen LogP contribution in [-0.4, -0.2) is 13.1 Å². The predicted molar refractivity (Wildman–Crippen MR) is 52.5 cm³/mol. The van der Waals surface area contributed by atoms with Gasteiger partial charge < -0.3 is 4.74 Å². The highest BCUT2D eigenvalue weighted by Gasteiger charge is 2.04. The number of hydrogen-bond donors (Lipinski definition) is 0. The Morgan fingerprint density at radius 3 is 2.79 bits per heavy atom. The molecule has 0 amide bonds. The van der Waals surface area contributed by atoms with Gasteiger partial charge in [-0.05, 0) is 30.7 Å². The van der Waals surface area contributed by atoms with E-state index in [9.17, 15) is 9.18 Å². The molecule has 0 saturated heterocycles. The van der Waals surface area contributed by atoms with Crippen LogP contribution in [0.25, 0.3) is 6.08 Å². The molecule has 3 heteroatoms. The largest absolute Gasteiger partial charge is 0.465 e. The third kappa shape index (κ3) is 2.69. The Labute approximate surface area is 82.0 Å². The second kappa shape index (κ2) is 4.56. The highest BCUT2D eigenvalue weighted by molar-refractivity contribution is 5.90. The lowest BCUT2D eigenvalue weighted by Gasteiger charge is -1.99. The second-order valence-corrected chi connectivity index (χ2v) is 2.85. The van der Waals surface area contributed by atoms with Gasteiger partial charge in [0.1, 0.15) is 0 Å². The van der Waals surface area contributed by atoms with E-state index in [4.69, 9.17) is 0 Å². The quantitative estimate of drug-likeness (QED) is 0.676. The van der Waals surface area contributed by atoms with E-state index in [0.717, 1.165) is 0 Å². The van der Waals surface area contributed by atoms with Gasteiger partial charge in [-0.1, -0.05) is 12.1 Å². The van der Waals surface area contributed by atoms with E-state index in [1.165, 1.54) is 20.1 Å². The molecule has 1 aromatic carbocycles. The first-order valence-corrected chi connectivity index (χ1v) is 4.15. The predicted octanol–water partition coefficient (Wildman–Crippen LogP) is 2.80. The number of carbonyl (C=O) groups is 1. The first kappa shape index (κ1) is 10.4. The summed E-state index contributed by atoms with van der Waals surface area (Å²) in [7, 11) is 1.31. The van der Waals surface area contributed by atoms with Crippen LogP contribution in [0.1, 0.15) is 22.8 Å². The van der Waals surface area contributed by atoms with Gasteiger partial charge in [0.05, 0.1) is 18.5 Å². The Hall–Kier alpha value is -1.64. The maximum atomic E-state index is 12.5. The van der Waals surface area contributed by atoms with Crippen LogP contribution in [-0.2, 0) is 4.74 Å². The third-order valence-corrected chi connectivity index (χ3v) is 1.67. The molecule has 0 bridgehead atoms. The average molecular weight is 194 g/mol. The Morgan fingerprint density at radius 2 is 2.21 bits per heavy atom. The van der Waals surface area contributed by atoms with Crippen molar-refractivity contribution in [2.75, 3.05) is 7.11 Å². The van der Waals surface area contributed by atoms with Crippen LogP contribution in [0.3, 0.4) is 0 Å². The Bertz CT molecular complexity index is 365. The number of methoxy groups -OCH3 is 1. The molecule has 0 atom stereocenters. The monoisotopic (exact) mass is 194 g/mol. The maximum Gasteiger partial charge on any atom is 0.337 e. The summed E-state index contributed by atoms with van der Waals surface area (Å²) in [6.07, 6.45) is 1.35. The second-order valence-electron chi connectivity index (χ2n) is 2.85. The standard InChI is InChI=1S/C11H11FO2/c1-8(12)6-9-4-3-5-10(7-9)11(13)14-2/h3-7H,1-2H3. The number of ether oxygens (including phenoxy) is 1. The maximum absolute atomic E-state index is 12.5. The summed E-state index contributed by atoms with van der Waals surface area (Å²) in [4.78, 5) is 11.1. The molecule has 0 heterocycles. The van der Waals surface area contributed by atoms with Gasteiger partial charge in [-0.15, -0.1) is 0 Å². The molecular formula is C11H11FO2. The van der Waals surface area contributed by atoms with Gasteiger partial charge in [0.25, 0.3) is 0 Å². The first-order valence-electron chi connectivity index (χ1n) is 4.15. The van der Waals surface area contributed by atoms with Crippen molar-refractivity contribution in [3.63, 3.8) is 0 Å². The fourth-order valence-corrected chi connectivity index (χ4v) is 1.10. The van der Waals surface area contributed by atoms with Crippen molar-refractivity contribution >= 4 is 12.0 Å². The minimum absolute atomic E-state index is 0.299. The van der Waals surface area contributed by atoms with Gasteiger partial charge >= 0.3 is 5.97 Å². The van der Waals surface area contributed by atoms with Crippen LogP contribution in [0.4, 0.5) is 4.39 Å². The molecule has 0 radical (unpaired) electrons. The molecule has 0 spiro atoms. The van der Waals surface area contributed by atoms with Gasteiger partial charge in [-0.25, -0.2) is 9.18 Å². The molecule has 0 aromatic heterocycles. The number of carbonyl (C=O) groups excluding carboxylic acids is 1. The fourth-order valence-electron chi connectivity index (χ4n) is 1.10. The molecule has 0 aliphatic heterocycles. The first-order chi connectivity index (χ1) is 6.63. The lowest BCUT2D eigenvalue weighted by atomic mass is 10.1. The smallest absolute Gasteiger partial charge is 0.337 e. The molecule has 0 aliphatic rings. The van der Waals surface area contributed by atoms with E-state index < -0.39 is 5.97 Å². The van der Waals surface area contributed by atoms with Crippen LogP contribution in [0.15, 0.2) is 30.1 Å². The Morgan fingerprint density at radius 1 is 1.50 bits per heavy atom. The SMILES string of the molecule is COC(=O)c1cccc(C=C(C)F)c1. The fraction of sp³-hybridized carbons (Fsp3) is 0.182. The topological polar surface area (TPSA) is 26.3 Å². The normalized spacial score (nSPS) is 11.2. The number of hydrogen-bond acceptors (Lipinski definition) is 2. The molecule has 1 aromatic rings. The van der Waals surface area contributed by atoms with Crippen LogP contribution in [0.5, 0.6) is 0 Å². The van der Waals surface area contributed by atoms with E-state index in [-0.39, 0.29) is 5.83 Å². The van der Waals surface area contributed by atoms with Crippen molar-refractivity contribution in [2.45, 2.75) is 6.92 Å². The van der Waals surface area contributed by atoms with Gasteiger partial charge in [-0.3, -0.25) is 0 Å². The lowest BCUT2D eigenvalue weighted by molar-refractivity contribution is 0.0600. The number of rotatable bonds is 2. The van der Waals surface area contributed by atoms with Crippen molar-refractivity contribution in [3.05, 3.63) is 41.2 Å². The zero-order valence-corrected chi connectivity index (χ0v) is 8.08. The number of benzene rings is 1. The van der Waals surface area contributed by atoms with Gasteiger partial charge in [0, 0.05) is 0 Å². The highest BCUT2D eigenvalue weighted by Crippen LogP contribution is 2.10. The summed E-state index contributed by atoms with van der Waals surface area (Å²) >= 11 is 0. The molecule has 2 nitrogen and oxygen atoms in total. The molecule has 0 N–H and O–H groups in total. The molecule has 0 unspecified atom stereocenters. The Balaban J connectivity index is 3.01. The minimum Gasteiger partial charge on any atom is -0.465 e. The van der Waals surface area contributed by atoms with E-state index in [1.54, 1.807) is 24.3 Å². The molecule has 0 aliphatic carbocycles. The minimum atomic E-state index is -0.420. The Kier molecular flexibility index (Phi) is 3.40. The third-order valence-electron chi connectivity index (χ3n) is 1.67. The molecule has 74 valence electrons. The molecule has 14 heavy (non-hydrogen) atoms. The summed E-state index contributed by atoms with van der Waals surface area (Å²) in [6, 6.07) is 6.60. The molecule has 0 fully saturated rings. The van der Waals surface area contributed by atoms with Crippen molar-refractivity contribution in [3.8, 4) is 0 Å². The summed E-state index contributed by atoms with van der Waals surface area (Å²) in [5.74, 6) is -0.719. The van der Waals surface area contributed by atoms with Crippen LogP contribution in [0.2, 0.25) is 0 Å². The van der Waals surface area contributed by atoms with E-state index in [0.29, 0.717) is 11.1 Å². The zero-order chi connectivity index (χ0) is 10.6. The number of esters is 1. The highest BCUT2D eigenvalue weighted by atomic mass is 19.1. The summed E-state index contributed by atoms with van der Waals surface area (Å²) in [6.45, 7) is 1.35. The van der Waals surface area contributed by atoms with Crippen molar-refractivity contribution < 1.29 is 13.9 Å². The van der Waals surface area contributed by atoms with Crippen LogP contribution < -0.4 is 0 Å². The molecule has 0 saturated carbocycles. The average Bonchev–Trinajstić information content (AvgIpc) is 2.16.